The molecule has 0 aromatic heterocycles. The standard InChI is InChI=1S/C17H24FN3O3S/c18-16-8-3-2-7-15(16)17(22)19-9-6-12-21(14-13-19)25(23,24)20-10-4-1-5-11-20/h2-3,7-8H,1,4-6,9-14H2. The maximum absolute atomic E-state index is 13.8. The second-order valence-electron chi connectivity index (χ2n) is 6.49. The van der Waals surface area contributed by atoms with Gasteiger partial charge in [-0.1, -0.05) is 18.6 Å². The Hall–Kier alpha value is -1.51. The predicted octanol–water partition coefficient (Wildman–Crippen LogP) is 1.70. The van der Waals surface area contributed by atoms with Crippen LogP contribution in [0.5, 0.6) is 0 Å². The molecule has 0 atom stereocenters. The molecular weight excluding hydrogens is 345 g/mol. The average molecular weight is 369 g/mol. The van der Waals surface area contributed by atoms with Gasteiger partial charge in [-0.05, 0) is 31.4 Å². The Balaban J connectivity index is 1.68. The van der Waals surface area contributed by atoms with Gasteiger partial charge in [-0.25, -0.2) is 4.39 Å². The summed E-state index contributed by atoms with van der Waals surface area (Å²) in [5, 5.41) is 0. The summed E-state index contributed by atoms with van der Waals surface area (Å²) >= 11 is 0. The van der Waals surface area contributed by atoms with Crippen LogP contribution in [0.2, 0.25) is 0 Å². The Morgan fingerprint density at radius 1 is 0.840 bits per heavy atom. The highest BCUT2D eigenvalue weighted by atomic mass is 32.2. The van der Waals surface area contributed by atoms with E-state index in [0.717, 1.165) is 19.3 Å². The highest BCUT2D eigenvalue weighted by Gasteiger charge is 2.32. The van der Waals surface area contributed by atoms with E-state index in [1.807, 2.05) is 0 Å². The molecule has 138 valence electrons. The molecule has 8 heteroatoms. The zero-order chi connectivity index (χ0) is 17.9. The van der Waals surface area contributed by atoms with Gasteiger partial charge in [-0.3, -0.25) is 4.79 Å². The van der Waals surface area contributed by atoms with E-state index in [1.54, 1.807) is 21.3 Å². The second kappa shape index (κ2) is 7.80. The third kappa shape index (κ3) is 4.02. The third-order valence-corrected chi connectivity index (χ3v) is 6.85. The molecule has 2 saturated heterocycles. The maximum Gasteiger partial charge on any atom is 0.282 e. The molecule has 1 amide bonds. The number of benzene rings is 1. The Morgan fingerprint density at radius 3 is 2.20 bits per heavy atom. The molecule has 3 rings (SSSR count). The molecule has 0 aliphatic carbocycles. The largest absolute Gasteiger partial charge is 0.337 e. The fourth-order valence-electron chi connectivity index (χ4n) is 3.39. The van der Waals surface area contributed by atoms with Crippen LogP contribution in [0.1, 0.15) is 36.0 Å². The summed E-state index contributed by atoms with van der Waals surface area (Å²) in [6, 6.07) is 5.89. The molecule has 2 aliphatic rings. The van der Waals surface area contributed by atoms with Crippen molar-refractivity contribution in [3.8, 4) is 0 Å². The van der Waals surface area contributed by atoms with E-state index >= 15 is 0 Å². The summed E-state index contributed by atoms with van der Waals surface area (Å²) in [5.41, 5.74) is 0.0369. The minimum absolute atomic E-state index is 0.0369. The van der Waals surface area contributed by atoms with E-state index in [4.69, 9.17) is 0 Å². The number of hydrogen-bond donors (Lipinski definition) is 0. The molecule has 0 saturated carbocycles. The van der Waals surface area contributed by atoms with Gasteiger partial charge < -0.3 is 4.90 Å². The van der Waals surface area contributed by atoms with Gasteiger partial charge in [0.2, 0.25) is 0 Å². The van der Waals surface area contributed by atoms with Crippen molar-refractivity contribution in [2.24, 2.45) is 0 Å². The number of nitrogens with zero attached hydrogens (tertiary/aromatic N) is 3. The molecule has 2 fully saturated rings. The van der Waals surface area contributed by atoms with Crippen LogP contribution in [0, 0.1) is 5.82 Å². The van der Waals surface area contributed by atoms with Gasteiger partial charge in [-0.2, -0.15) is 17.0 Å². The van der Waals surface area contributed by atoms with Crippen molar-refractivity contribution in [2.45, 2.75) is 25.7 Å². The molecule has 2 aliphatic heterocycles. The van der Waals surface area contributed by atoms with E-state index in [2.05, 4.69) is 0 Å². The zero-order valence-corrected chi connectivity index (χ0v) is 15.0. The first kappa shape index (κ1) is 18.3. The Kier molecular flexibility index (Phi) is 5.71. The lowest BCUT2D eigenvalue weighted by Crippen LogP contribution is -2.47. The summed E-state index contributed by atoms with van der Waals surface area (Å²) in [7, 11) is -3.48. The van der Waals surface area contributed by atoms with Gasteiger partial charge >= 0.3 is 0 Å². The van der Waals surface area contributed by atoms with Crippen LogP contribution in [0.4, 0.5) is 4.39 Å². The van der Waals surface area contributed by atoms with Crippen LogP contribution in [0.15, 0.2) is 24.3 Å². The summed E-state index contributed by atoms with van der Waals surface area (Å²) in [4.78, 5) is 14.1. The molecule has 1 aromatic carbocycles. The van der Waals surface area contributed by atoms with Crippen molar-refractivity contribution < 1.29 is 17.6 Å². The maximum atomic E-state index is 13.8. The molecule has 0 unspecified atom stereocenters. The van der Waals surface area contributed by atoms with Crippen LogP contribution >= 0.6 is 0 Å². The van der Waals surface area contributed by atoms with Gasteiger partial charge in [0, 0.05) is 39.3 Å². The summed E-state index contributed by atoms with van der Waals surface area (Å²) in [6.07, 6.45) is 3.40. The van der Waals surface area contributed by atoms with E-state index in [0.29, 0.717) is 32.6 Å². The van der Waals surface area contributed by atoms with Gasteiger partial charge in [0.05, 0.1) is 5.56 Å². The molecule has 25 heavy (non-hydrogen) atoms. The van der Waals surface area contributed by atoms with Crippen LogP contribution in [-0.4, -0.2) is 67.1 Å². The lowest BCUT2D eigenvalue weighted by Gasteiger charge is -2.31. The number of carbonyl (C=O) groups excluding carboxylic acids is 1. The van der Waals surface area contributed by atoms with E-state index in [9.17, 15) is 17.6 Å². The van der Waals surface area contributed by atoms with Crippen molar-refractivity contribution in [1.82, 2.24) is 13.5 Å². The number of halogens is 1. The van der Waals surface area contributed by atoms with Crippen molar-refractivity contribution in [2.75, 3.05) is 39.3 Å². The molecule has 2 heterocycles. The van der Waals surface area contributed by atoms with Crippen molar-refractivity contribution in [1.29, 1.82) is 0 Å². The van der Waals surface area contributed by atoms with Gasteiger partial charge in [0.15, 0.2) is 0 Å². The first-order chi connectivity index (χ1) is 12.0. The summed E-state index contributed by atoms with van der Waals surface area (Å²) < 4.78 is 42.4. The summed E-state index contributed by atoms with van der Waals surface area (Å²) in [6.45, 7) is 2.48. The average Bonchev–Trinajstić information content (AvgIpc) is 2.89. The van der Waals surface area contributed by atoms with Crippen LogP contribution in [0.3, 0.4) is 0 Å². The van der Waals surface area contributed by atoms with E-state index in [-0.39, 0.29) is 24.6 Å². The van der Waals surface area contributed by atoms with E-state index in [1.165, 1.54) is 16.4 Å². The Bertz CT molecular complexity index is 720. The molecule has 0 radical (unpaired) electrons. The zero-order valence-electron chi connectivity index (χ0n) is 14.2. The van der Waals surface area contributed by atoms with Crippen molar-refractivity contribution >= 4 is 16.1 Å². The Morgan fingerprint density at radius 2 is 1.48 bits per heavy atom. The fourth-order valence-corrected chi connectivity index (χ4v) is 5.11. The van der Waals surface area contributed by atoms with Gasteiger partial charge in [0.1, 0.15) is 5.82 Å². The number of amides is 1. The van der Waals surface area contributed by atoms with Gasteiger partial charge in [0.25, 0.3) is 16.1 Å². The monoisotopic (exact) mass is 369 g/mol. The third-order valence-electron chi connectivity index (χ3n) is 4.81. The molecule has 1 aromatic rings. The van der Waals surface area contributed by atoms with Gasteiger partial charge in [-0.15, -0.1) is 0 Å². The second-order valence-corrected chi connectivity index (χ2v) is 8.42. The summed E-state index contributed by atoms with van der Waals surface area (Å²) in [5.74, 6) is -0.926. The topological polar surface area (TPSA) is 60.9 Å². The molecule has 0 bridgehead atoms. The van der Waals surface area contributed by atoms with E-state index < -0.39 is 16.0 Å². The normalized spacial score (nSPS) is 21.1. The first-order valence-corrected chi connectivity index (χ1v) is 10.2. The number of rotatable bonds is 3. The highest BCUT2D eigenvalue weighted by Crippen LogP contribution is 2.19. The number of hydrogen-bond acceptors (Lipinski definition) is 3. The first-order valence-electron chi connectivity index (χ1n) is 8.79. The fraction of sp³-hybridized carbons (Fsp3) is 0.588. The minimum atomic E-state index is -3.48. The van der Waals surface area contributed by atoms with Crippen LogP contribution < -0.4 is 0 Å². The highest BCUT2D eigenvalue weighted by molar-refractivity contribution is 7.86. The smallest absolute Gasteiger partial charge is 0.282 e. The van der Waals surface area contributed by atoms with Crippen molar-refractivity contribution in [3.63, 3.8) is 0 Å². The minimum Gasteiger partial charge on any atom is -0.337 e. The molecule has 0 N–H and O–H groups in total. The molecule has 6 nitrogen and oxygen atoms in total. The molecule has 0 spiro atoms. The Labute approximate surface area is 148 Å². The van der Waals surface area contributed by atoms with Crippen LogP contribution in [0.25, 0.3) is 0 Å². The van der Waals surface area contributed by atoms with Crippen LogP contribution in [-0.2, 0) is 10.2 Å². The van der Waals surface area contributed by atoms with Crippen molar-refractivity contribution in [3.05, 3.63) is 35.6 Å². The lowest BCUT2D eigenvalue weighted by molar-refractivity contribution is 0.0759. The SMILES string of the molecule is O=C(c1ccccc1F)N1CCCN(S(=O)(=O)N2CCCCC2)CC1. The predicted molar refractivity (Wildman–Crippen MR) is 92.8 cm³/mol. The quantitative estimate of drug-likeness (QED) is 0.815. The number of carbonyl (C=O) groups is 1. The lowest BCUT2D eigenvalue weighted by atomic mass is 10.2. The molecular formula is C17H24FN3O3S. The number of piperidine rings is 1.